The lowest BCUT2D eigenvalue weighted by molar-refractivity contribution is -0.140. The fraction of sp³-hybridized carbons (Fsp3) is 0.889. The second kappa shape index (κ2) is 8.09. The summed E-state index contributed by atoms with van der Waals surface area (Å²) in [6, 6.07) is 0. The highest BCUT2D eigenvalue weighted by molar-refractivity contribution is 5.83. The third kappa shape index (κ3) is 3.53. The van der Waals surface area contributed by atoms with Crippen molar-refractivity contribution in [1.29, 1.82) is 0 Å². The molecule has 4 heteroatoms. The van der Waals surface area contributed by atoms with Gasteiger partial charge in [0.15, 0.2) is 0 Å². The van der Waals surface area contributed by atoms with E-state index < -0.39 is 0 Å². The number of hydrogen-bond donors (Lipinski definition) is 1. The van der Waals surface area contributed by atoms with Crippen molar-refractivity contribution in [2.45, 2.75) is 51.4 Å². The zero-order valence-corrected chi connectivity index (χ0v) is 14.0. The smallest absolute Gasteiger partial charge is 0.226 e. The van der Waals surface area contributed by atoms with Crippen molar-refractivity contribution in [1.82, 2.24) is 4.90 Å². The number of aliphatic hydroxyl groups excluding tert-OH is 1. The molecule has 1 amide bonds. The van der Waals surface area contributed by atoms with Crippen LogP contribution in [0.15, 0.2) is 0 Å². The van der Waals surface area contributed by atoms with Gasteiger partial charge in [-0.05, 0) is 49.9 Å². The van der Waals surface area contributed by atoms with E-state index >= 15 is 0 Å². The number of carbonyl (C=O) groups is 2. The molecule has 3 saturated carbocycles. The summed E-state index contributed by atoms with van der Waals surface area (Å²) in [6.45, 7) is 0.901. The fourth-order valence-electron chi connectivity index (χ4n) is 5.00. The van der Waals surface area contributed by atoms with Gasteiger partial charge in [-0.1, -0.05) is 19.3 Å². The summed E-state index contributed by atoms with van der Waals surface area (Å²) in [4.78, 5) is 26.0. The van der Waals surface area contributed by atoms with Crippen LogP contribution in [-0.4, -0.2) is 42.9 Å². The Hall–Kier alpha value is -0.900. The van der Waals surface area contributed by atoms with E-state index in [-0.39, 0.29) is 17.7 Å². The number of nitrogens with zero attached hydrogens (tertiary/aromatic N) is 1. The number of amides is 1. The molecular formula is C18H31NO3. The second-order valence-electron chi connectivity index (χ2n) is 7.30. The number of hydrogen-bond acceptors (Lipinski definition) is 3. The van der Waals surface area contributed by atoms with Crippen molar-refractivity contribution < 1.29 is 14.7 Å². The maximum Gasteiger partial charge on any atom is 0.226 e. The van der Waals surface area contributed by atoms with Crippen molar-refractivity contribution in [2.75, 3.05) is 20.7 Å². The van der Waals surface area contributed by atoms with E-state index in [9.17, 15) is 9.59 Å². The third-order valence-corrected chi connectivity index (χ3v) is 6.06. The first kappa shape index (κ1) is 17.5. The zero-order chi connectivity index (χ0) is 16.1. The van der Waals surface area contributed by atoms with Crippen molar-refractivity contribution in [3.63, 3.8) is 0 Å². The van der Waals surface area contributed by atoms with Crippen LogP contribution in [0, 0.1) is 29.6 Å². The summed E-state index contributed by atoms with van der Waals surface area (Å²) in [5.74, 6) is 1.92. The Morgan fingerprint density at radius 3 is 2.36 bits per heavy atom. The number of carbonyl (C=O) groups excluding carboxylic acids is 2. The molecule has 0 aromatic carbocycles. The van der Waals surface area contributed by atoms with E-state index in [2.05, 4.69) is 0 Å². The molecule has 0 saturated heterocycles. The van der Waals surface area contributed by atoms with Crippen LogP contribution in [0.3, 0.4) is 0 Å². The van der Waals surface area contributed by atoms with Gasteiger partial charge in [-0.2, -0.15) is 0 Å². The predicted octanol–water partition coefficient (Wildman–Crippen LogP) is 2.49. The molecule has 0 heterocycles. The van der Waals surface area contributed by atoms with Crippen molar-refractivity contribution >= 4 is 12.2 Å². The molecule has 0 spiro atoms. The summed E-state index contributed by atoms with van der Waals surface area (Å²) in [7, 11) is 2.95. The van der Waals surface area contributed by atoms with E-state index in [0.29, 0.717) is 17.8 Å². The lowest BCUT2D eigenvalue weighted by Gasteiger charge is -2.33. The first-order valence-corrected chi connectivity index (χ1v) is 8.85. The van der Waals surface area contributed by atoms with Crippen LogP contribution >= 0.6 is 0 Å². The second-order valence-corrected chi connectivity index (χ2v) is 7.30. The first-order valence-electron chi connectivity index (χ1n) is 8.85. The van der Waals surface area contributed by atoms with Gasteiger partial charge in [0.2, 0.25) is 5.91 Å². The molecule has 126 valence electrons. The van der Waals surface area contributed by atoms with Gasteiger partial charge in [-0.3, -0.25) is 4.79 Å². The van der Waals surface area contributed by atoms with Crippen LogP contribution in [0.1, 0.15) is 51.4 Å². The SMILES string of the molecule is CN(CC1CCCCC1)C(=O)[C@@H]1C2CCC(C2)[C@@H]1C=O.CO. The molecule has 0 aromatic heterocycles. The van der Waals surface area contributed by atoms with Gasteiger partial charge in [0, 0.05) is 26.6 Å². The van der Waals surface area contributed by atoms with E-state index in [1.54, 1.807) is 0 Å². The van der Waals surface area contributed by atoms with Crippen LogP contribution in [0.25, 0.3) is 0 Å². The fourth-order valence-corrected chi connectivity index (χ4v) is 5.00. The highest BCUT2D eigenvalue weighted by atomic mass is 16.2. The highest BCUT2D eigenvalue weighted by Gasteiger charge is 2.51. The Morgan fingerprint density at radius 1 is 1.09 bits per heavy atom. The molecule has 4 atom stereocenters. The number of fused-ring (bicyclic) bond motifs is 2. The minimum absolute atomic E-state index is 0.000148. The average Bonchev–Trinajstić information content (AvgIpc) is 3.17. The van der Waals surface area contributed by atoms with Gasteiger partial charge in [0.25, 0.3) is 0 Å². The number of aldehydes is 1. The molecule has 0 radical (unpaired) electrons. The van der Waals surface area contributed by atoms with Gasteiger partial charge in [-0.25, -0.2) is 0 Å². The van der Waals surface area contributed by atoms with E-state index in [1.165, 1.54) is 32.1 Å². The molecule has 0 aliphatic heterocycles. The summed E-state index contributed by atoms with van der Waals surface area (Å²) in [6.07, 6.45) is 11.0. The molecule has 3 aliphatic rings. The molecule has 1 N–H and O–H groups in total. The number of rotatable bonds is 4. The van der Waals surface area contributed by atoms with Crippen LogP contribution in [0.2, 0.25) is 0 Å². The predicted molar refractivity (Wildman–Crippen MR) is 86.2 cm³/mol. The molecular weight excluding hydrogens is 278 g/mol. The molecule has 2 unspecified atom stereocenters. The molecule has 4 nitrogen and oxygen atoms in total. The molecule has 3 rings (SSSR count). The zero-order valence-electron chi connectivity index (χ0n) is 14.0. The Labute approximate surface area is 134 Å². The van der Waals surface area contributed by atoms with Crippen LogP contribution < -0.4 is 0 Å². The lowest BCUT2D eigenvalue weighted by atomic mass is 9.79. The molecule has 3 fully saturated rings. The quantitative estimate of drug-likeness (QED) is 0.812. The van der Waals surface area contributed by atoms with E-state index in [4.69, 9.17) is 5.11 Å². The Kier molecular flexibility index (Phi) is 6.42. The van der Waals surface area contributed by atoms with E-state index in [0.717, 1.165) is 39.2 Å². The monoisotopic (exact) mass is 309 g/mol. The number of aliphatic hydroxyl groups is 1. The van der Waals surface area contributed by atoms with E-state index in [1.807, 2.05) is 11.9 Å². The van der Waals surface area contributed by atoms with Crippen LogP contribution in [0.4, 0.5) is 0 Å². The Balaban J connectivity index is 0.000000847. The average molecular weight is 309 g/mol. The first-order chi connectivity index (χ1) is 10.7. The van der Waals surface area contributed by atoms with Crippen molar-refractivity contribution in [3.05, 3.63) is 0 Å². The van der Waals surface area contributed by atoms with Crippen LogP contribution in [0.5, 0.6) is 0 Å². The minimum Gasteiger partial charge on any atom is -0.400 e. The van der Waals surface area contributed by atoms with Gasteiger partial charge in [-0.15, -0.1) is 0 Å². The summed E-state index contributed by atoms with van der Waals surface area (Å²) < 4.78 is 0. The largest absolute Gasteiger partial charge is 0.400 e. The van der Waals surface area contributed by atoms with Crippen molar-refractivity contribution in [2.24, 2.45) is 29.6 Å². The normalized spacial score (nSPS) is 34.0. The maximum absolute atomic E-state index is 12.7. The Bertz CT molecular complexity index is 379. The standard InChI is InChI=1S/C17H27NO2.CH4O/c1-18(10-12-5-3-2-4-6-12)17(20)16-14-8-7-13(9-14)15(16)11-19;1-2/h11-16H,2-10H2,1H3;2H,1H3/t13?,14?,15-,16+;/m0./s1. The Morgan fingerprint density at radius 2 is 1.73 bits per heavy atom. The van der Waals surface area contributed by atoms with Crippen molar-refractivity contribution in [3.8, 4) is 0 Å². The summed E-state index contributed by atoms with van der Waals surface area (Å²) in [5.41, 5.74) is 0. The highest BCUT2D eigenvalue weighted by Crippen LogP contribution is 2.52. The van der Waals surface area contributed by atoms with Gasteiger partial charge in [0.05, 0.1) is 5.92 Å². The molecule has 22 heavy (non-hydrogen) atoms. The molecule has 3 aliphatic carbocycles. The van der Waals surface area contributed by atoms with Gasteiger partial charge >= 0.3 is 0 Å². The van der Waals surface area contributed by atoms with Gasteiger partial charge < -0.3 is 14.8 Å². The third-order valence-electron chi connectivity index (χ3n) is 6.06. The topological polar surface area (TPSA) is 57.6 Å². The molecule has 2 bridgehead atoms. The van der Waals surface area contributed by atoms with Crippen LogP contribution in [-0.2, 0) is 9.59 Å². The lowest BCUT2D eigenvalue weighted by Crippen LogP contribution is -2.42. The van der Waals surface area contributed by atoms with Gasteiger partial charge in [0.1, 0.15) is 6.29 Å². The minimum atomic E-state index is -0.000148. The molecule has 0 aromatic rings. The maximum atomic E-state index is 12.7. The summed E-state index contributed by atoms with van der Waals surface area (Å²) in [5, 5.41) is 7.00. The summed E-state index contributed by atoms with van der Waals surface area (Å²) >= 11 is 0.